The first-order valence-electron chi connectivity index (χ1n) is 10.5. The number of rotatable bonds is 9. The van der Waals surface area contributed by atoms with Crippen LogP contribution in [0, 0.1) is 0 Å². The van der Waals surface area contributed by atoms with Gasteiger partial charge >= 0.3 is 0 Å². The van der Waals surface area contributed by atoms with E-state index in [9.17, 15) is 5.11 Å². The second-order valence-corrected chi connectivity index (χ2v) is 9.95. The Hall–Kier alpha value is -1.64. The fourth-order valence-corrected chi connectivity index (χ4v) is 5.78. The van der Waals surface area contributed by atoms with E-state index in [-0.39, 0.29) is 0 Å². The van der Waals surface area contributed by atoms with Gasteiger partial charge in [0.05, 0.1) is 17.0 Å². The lowest BCUT2D eigenvalue weighted by molar-refractivity contribution is 0.151. The summed E-state index contributed by atoms with van der Waals surface area (Å²) in [5.41, 5.74) is 0.710. The molecule has 0 spiro atoms. The van der Waals surface area contributed by atoms with Gasteiger partial charge in [0.15, 0.2) is 0 Å². The lowest BCUT2D eigenvalue weighted by atomic mass is 10.0. The quantitative estimate of drug-likeness (QED) is 0.484. The van der Waals surface area contributed by atoms with E-state index in [4.69, 9.17) is 4.74 Å². The Morgan fingerprint density at radius 2 is 2.17 bits per heavy atom. The van der Waals surface area contributed by atoms with E-state index in [1.54, 1.807) is 13.3 Å². The number of aromatic nitrogens is 1. The molecule has 1 atom stereocenters. The van der Waals surface area contributed by atoms with Crippen LogP contribution in [0.1, 0.15) is 24.6 Å². The molecule has 0 amide bonds. The van der Waals surface area contributed by atoms with Gasteiger partial charge in [0.1, 0.15) is 11.9 Å². The number of nitrogens with one attached hydrogen (secondary N) is 1. The van der Waals surface area contributed by atoms with E-state index in [0.717, 1.165) is 54.8 Å². The molecule has 1 saturated heterocycles. The van der Waals surface area contributed by atoms with Crippen molar-refractivity contribution in [3.05, 3.63) is 53.7 Å². The fourth-order valence-electron chi connectivity index (χ4n) is 3.92. The average Bonchev–Trinajstić information content (AvgIpc) is 3.31. The third kappa shape index (κ3) is 5.53. The zero-order chi connectivity index (χ0) is 20.8. The normalized spacial score (nSPS) is 16.7. The molecule has 1 aliphatic heterocycles. The summed E-state index contributed by atoms with van der Waals surface area (Å²) in [6, 6.07) is 12.6. The summed E-state index contributed by atoms with van der Waals surface area (Å²) in [6.07, 6.45) is 3.36. The van der Waals surface area contributed by atoms with Crippen LogP contribution in [0.4, 0.5) is 0 Å². The molecule has 3 aromatic rings. The smallest absolute Gasteiger partial charge is 0.119 e. The summed E-state index contributed by atoms with van der Waals surface area (Å²) >= 11 is 3.77. The van der Waals surface area contributed by atoms with E-state index >= 15 is 0 Å². The molecule has 0 bridgehead atoms. The van der Waals surface area contributed by atoms with Gasteiger partial charge in [0, 0.05) is 36.5 Å². The number of fused-ring (bicyclic) bond motifs is 1. The minimum Gasteiger partial charge on any atom is -0.497 e. The summed E-state index contributed by atoms with van der Waals surface area (Å²) in [5.74, 6) is 1.93. The van der Waals surface area contributed by atoms with Gasteiger partial charge in [0.25, 0.3) is 0 Å². The summed E-state index contributed by atoms with van der Waals surface area (Å²) in [6.45, 7) is 3.88. The number of methoxy groups -OCH3 is 1. The van der Waals surface area contributed by atoms with Gasteiger partial charge in [-0.1, -0.05) is 12.1 Å². The SMILES string of the molecule is COc1ccc2ccnc(C(O)CNC3CCN(CCSc4cccs4)CC3)c2c1. The van der Waals surface area contributed by atoms with Crippen molar-refractivity contribution >= 4 is 33.9 Å². The van der Waals surface area contributed by atoms with Crippen LogP contribution in [0.25, 0.3) is 10.8 Å². The highest BCUT2D eigenvalue weighted by Crippen LogP contribution is 2.27. The van der Waals surface area contributed by atoms with Crippen molar-refractivity contribution < 1.29 is 9.84 Å². The van der Waals surface area contributed by atoms with E-state index in [1.807, 2.05) is 47.4 Å². The lowest BCUT2D eigenvalue weighted by Gasteiger charge is -2.32. The minimum absolute atomic E-state index is 0.449. The van der Waals surface area contributed by atoms with Crippen molar-refractivity contribution in [3.63, 3.8) is 0 Å². The highest BCUT2D eigenvalue weighted by atomic mass is 32.2. The molecule has 0 saturated carbocycles. The Bertz CT molecular complexity index is 927. The lowest BCUT2D eigenvalue weighted by Crippen LogP contribution is -2.44. The van der Waals surface area contributed by atoms with Crippen LogP contribution in [0.15, 0.2) is 52.2 Å². The molecule has 7 heteroatoms. The van der Waals surface area contributed by atoms with Gasteiger partial charge in [0.2, 0.25) is 0 Å². The maximum Gasteiger partial charge on any atom is 0.119 e. The second kappa shape index (κ2) is 10.6. The molecular formula is C23H29N3O2S2. The highest BCUT2D eigenvalue weighted by molar-refractivity contribution is 8.01. The molecule has 2 aromatic heterocycles. The molecule has 1 unspecified atom stereocenters. The molecule has 30 heavy (non-hydrogen) atoms. The number of likely N-dealkylation sites (tertiary alicyclic amines) is 1. The zero-order valence-corrected chi connectivity index (χ0v) is 18.9. The first-order valence-corrected chi connectivity index (χ1v) is 12.3. The van der Waals surface area contributed by atoms with Crippen molar-refractivity contribution in [1.82, 2.24) is 15.2 Å². The van der Waals surface area contributed by atoms with Gasteiger partial charge in [-0.25, -0.2) is 0 Å². The number of pyridine rings is 1. The number of hydrogen-bond acceptors (Lipinski definition) is 7. The molecule has 1 aromatic carbocycles. The van der Waals surface area contributed by atoms with Crippen LogP contribution in [0.3, 0.4) is 0 Å². The molecule has 160 valence electrons. The predicted molar refractivity (Wildman–Crippen MR) is 126 cm³/mol. The molecule has 5 nitrogen and oxygen atoms in total. The molecule has 0 aliphatic carbocycles. The van der Waals surface area contributed by atoms with Crippen LogP contribution in [-0.4, -0.2) is 60.1 Å². The maximum absolute atomic E-state index is 10.8. The Kier molecular flexibility index (Phi) is 7.62. The van der Waals surface area contributed by atoms with Crippen molar-refractivity contribution in [1.29, 1.82) is 0 Å². The first kappa shape index (κ1) is 21.6. The van der Waals surface area contributed by atoms with Crippen LogP contribution in [0.5, 0.6) is 5.75 Å². The molecule has 1 aliphatic rings. The predicted octanol–water partition coefficient (Wildman–Crippen LogP) is 4.18. The Morgan fingerprint density at radius 3 is 2.93 bits per heavy atom. The van der Waals surface area contributed by atoms with E-state index < -0.39 is 6.10 Å². The van der Waals surface area contributed by atoms with E-state index in [1.165, 1.54) is 4.21 Å². The molecule has 4 rings (SSSR count). The summed E-state index contributed by atoms with van der Waals surface area (Å²) in [4.78, 5) is 7.01. The first-order chi connectivity index (χ1) is 14.7. The van der Waals surface area contributed by atoms with Gasteiger partial charge in [-0.05, 0) is 61.0 Å². The molecule has 2 N–H and O–H groups in total. The van der Waals surface area contributed by atoms with Crippen molar-refractivity contribution in [3.8, 4) is 5.75 Å². The number of nitrogens with zero attached hydrogens (tertiary/aromatic N) is 2. The minimum atomic E-state index is -0.638. The Morgan fingerprint density at radius 1 is 1.30 bits per heavy atom. The molecule has 3 heterocycles. The summed E-state index contributed by atoms with van der Waals surface area (Å²) < 4.78 is 6.74. The topological polar surface area (TPSA) is 57.6 Å². The third-order valence-corrected chi connectivity index (χ3v) is 7.77. The van der Waals surface area contributed by atoms with E-state index in [0.29, 0.717) is 18.3 Å². The van der Waals surface area contributed by atoms with Crippen LogP contribution >= 0.6 is 23.1 Å². The zero-order valence-electron chi connectivity index (χ0n) is 17.3. The summed E-state index contributed by atoms with van der Waals surface area (Å²) in [7, 11) is 1.66. The largest absolute Gasteiger partial charge is 0.497 e. The van der Waals surface area contributed by atoms with Gasteiger partial charge in [-0.3, -0.25) is 4.98 Å². The number of hydrogen-bond donors (Lipinski definition) is 2. The van der Waals surface area contributed by atoms with Gasteiger partial charge < -0.3 is 20.1 Å². The van der Waals surface area contributed by atoms with Crippen LogP contribution in [0.2, 0.25) is 0 Å². The van der Waals surface area contributed by atoms with Gasteiger partial charge in [-0.2, -0.15) is 0 Å². The third-order valence-electron chi connectivity index (χ3n) is 5.65. The number of piperidine rings is 1. The molecule has 0 radical (unpaired) electrons. The molecular weight excluding hydrogens is 414 g/mol. The maximum atomic E-state index is 10.8. The highest BCUT2D eigenvalue weighted by Gasteiger charge is 2.21. The van der Waals surface area contributed by atoms with Crippen molar-refractivity contribution in [2.75, 3.05) is 39.0 Å². The Labute approximate surface area is 186 Å². The van der Waals surface area contributed by atoms with E-state index in [2.05, 4.69) is 32.7 Å². The second-order valence-electron chi connectivity index (χ2n) is 7.60. The van der Waals surface area contributed by atoms with Gasteiger partial charge in [-0.15, -0.1) is 23.1 Å². The number of ether oxygens (including phenoxy) is 1. The van der Waals surface area contributed by atoms with Crippen molar-refractivity contribution in [2.24, 2.45) is 0 Å². The number of benzene rings is 1. The number of thiophene rings is 1. The standard InChI is InChI=1S/C23H29N3O2S2/c1-28-19-5-4-17-6-9-24-23(20(17)15-19)21(27)16-25-18-7-10-26(11-8-18)12-14-30-22-3-2-13-29-22/h2-6,9,13,15,18,21,25,27H,7-8,10-12,14,16H2,1H3. The fraction of sp³-hybridized carbons (Fsp3) is 0.435. The van der Waals surface area contributed by atoms with Crippen molar-refractivity contribution in [2.45, 2.75) is 29.2 Å². The van der Waals surface area contributed by atoms with Crippen LogP contribution < -0.4 is 10.1 Å². The number of thioether (sulfide) groups is 1. The number of aliphatic hydroxyl groups is 1. The number of aliphatic hydroxyl groups excluding tert-OH is 1. The monoisotopic (exact) mass is 443 g/mol. The average molecular weight is 444 g/mol. The van der Waals surface area contributed by atoms with Crippen LogP contribution in [-0.2, 0) is 0 Å². The Balaban J connectivity index is 1.24. The molecule has 1 fully saturated rings. The summed E-state index contributed by atoms with van der Waals surface area (Å²) in [5, 5.41) is 18.5.